The summed E-state index contributed by atoms with van der Waals surface area (Å²) in [5.41, 5.74) is 5.93. The molecule has 4 N–H and O–H groups in total. The third kappa shape index (κ3) is 4.16. The largest absolute Gasteiger partial charge is 0.396 e. The van der Waals surface area contributed by atoms with Crippen molar-refractivity contribution >= 4 is 5.96 Å². The van der Waals surface area contributed by atoms with Crippen molar-refractivity contribution in [2.45, 2.75) is 57.4 Å². The van der Waals surface area contributed by atoms with Crippen LogP contribution in [0.5, 0.6) is 0 Å². The summed E-state index contributed by atoms with van der Waals surface area (Å²) >= 11 is 0. The molecule has 4 nitrogen and oxygen atoms in total. The lowest BCUT2D eigenvalue weighted by molar-refractivity contribution is 0.163. The van der Waals surface area contributed by atoms with Crippen LogP contribution in [0.2, 0.25) is 0 Å². The maximum Gasteiger partial charge on any atom is 0.188 e. The van der Waals surface area contributed by atoms with Gasteiger partial charge in [-0.1, -0.05) is 19.3 Å². The smallest absolute Gasteiger partial charge is 0.188 e. The maximum atomic E-state index is 9.20. The number of hydrogen-bond donors (Lipinski definition) is 3. The molecule has 2 saturated carbocycles. The summed E-state index contributed by atoms with van der Waals surface area (Å²) < 4.78 is 0. The molecule has 2 aliphatic carbocycles. The van der Waals surface area contributed by atoms with Crippen LogP contribution in [-0.2, 0) is 0 Å². The summed E-state index contributed by atoms with van der Waals surface area (Å²) in [6.07, 6.45) is 9.82. The third-order valence-electron chi connectivity index (χ3n) is 4.38. The summed E-state index contributed by atoms with van der Waals surface area (Å²) in [7, 11) is 0. The molecule has 2 rings (SSSR count). The lowest BCUT2D eigenvalue weighted by Gasteiger charge is -2.26. The van der Waals surface area contributed by atoms with Gasteiger partial charge in [0, 0.05) is 19.2 Å². The molecule has 4 heteroatoms. The standard InChI is InChI=1S/C14H27N3O/c15-14(17-13-6-1-2-7-13)16-9-11-4-3-5-12(8-11)10-18/h11-13,18H,1-10H2,(H3,15,16,17)/t11-,12+/m0/s1. The highest BCUT2D eigenvalue weighted by atomic mass is 16.3. The van der Waals surface area contributed by atoms with Crippen LogP contribution in [0.3, 0.4) is 0 Å². The molecule has 2 atom stereocenters. The molecule has 0 saturated heterocycles. The highest BCUT2D eigenvalue weighted by molar-refractivity contribution is 5.78. The summed E-state index contributed by atoms with van der Waals surface area (Å²) in [6, 6.07) is 0.547. The van der Waals surface area contributed by atoms with Crippen LogP contribution in [-0.4, -0.2) is 30.3 Å². The van der Waals surface area contributed by atoms with E-state index in [-0.39, 0.29) is 0 Å². The van der Waals surface area contributed by atoms with Crippen molar-refractivity contribution in [2.75, 3.05) is 13.2 Å². The fourth-order valence-electron chi connectivity index (χ4n) is 3.29. The molecule has 2 fully saturated rings. The maximum absolute atomic E-state index is 9.20. The van der Waals surface area contributed by atoms with Crippen LogP contribution in [0.1, 0.15) is 51.4 Å². The average Bonchev–Trinajstić information content (AvgIpc) is 2.89. The molecule has 2 aliphatic rings. The van der Waals surface area contributed by atoms with Crippen molar-refractivity contribution in [3.8, 4) is 0 Å². The van der Waals surface area contributed by atoms with E-state index in [1.165, 1.54) is 44.9 Å². The van der Waals surface area contributed by atoms with E-state index in [0.29, 0.717) is 30.4 Å². The lowest BCUT2D eigenvalue weighted by atomic mass is 9.82. The van der Waals surface area contributed by atoms with E-state index in [9.17, 15) is 5.11 Å². The van der Waals surface area contributed by atoms with Gasteiger partial charge in [-0.3, -0.25) is 4.99 Å². The fourth-order valence-corrected chi connectivity index (χ4v) is 3.29. The molecule has 18 heavy (non-hydrogen) atoms. The van der Waals surface area contributed by atoms with E-state index in [1.54, 1.807) is 0 Å². The van der Waals surface area contributed by atoms with Gasteiger partial charge in [-0.25, -0.2) is 0 Å². The van der Waals surface area contributed by atoms with Crippen molar-refractivity contribution in [2.24, 2.45) is 22.6 Å². The van der Waals surface area contributed by atoms with E-state index in [1.807, 2.05) is 0 Å². The van der Waals surface area contributed by atoms with Gasteiger partial charge >= 0.3 is 0 Å². The Hall–Kier alpha value is -0.770. The van der Waals surface area contributed by atoms with Gasteiger partial charge in [-0.05, 0) is 43.9 Å². The fraction of sp³-hybridized carbons (Fsp3) is 0.929. The van der Waals surface area contributed by atoms with Gasteiger partial charge in [0.05, 0.1) is 0 Å². The number of nitrogens with zero attached hydrogens (tertiary/aromatic N) is 1. The van der Waals surface area contributed by atoms with Crippen LogP contribution in [0.25, 0.3) is 0 Å². The van der Waals surface area contributed by atoms with Crippen LogP contribution in [0.15, 0.2) is 4.99 Å². The molecular weight excluding hydrogens is 226 g/mol. The van der Waals surface area contributed by atoms with Crippen molar-refractivity contribution in [3.63, 3.8) is 0 Å². The second-order valence-electron chi connectivity index (χ2n) is 5.93. The van der Waals surface area contributed by atoms with E-state index < -0.39 is 0 Å². The first-order valence-electron chi connectivity index (χ1n) is 7.45. The Balaban J connectivity index is 1.71. The van der Waals surface area contributed by atoms with Crippen molar-refractivity contribution in [1.82, 2.24) is 5.32 Å². The molecule has 0 heterocycles. The number of aliphatic imine (C=N–C) groups is 1. The molecule has 0 radical (unpaired) electrons. The zero-order valence-corrected chi connectivity index (χ0v) is 11.3. The van der Waals surface area contributed by atoms with Crippen LogP contribution in [0, 0.1) is 11.8 Å². The van der Waals surface area contributed by atoms with Crippen molar-refractivity contribution in [1.29, 1.82) is 0 Å². The number of rotatable bonds is 4. The number of aliphatic hydroxyl groups is 1. The van der Waals surface area contributed by atoms with Gasteiger partial charge in [-0.15, -0.1) is 0 Å². The highest BCUT2D eigenvalue weighted by Gasteiger charge is 2.21. The Morgan fingerprint density at radius 3 is 2.56 bits per heavy atom. The second-order valence-corrected chi connectivity index (χ2v) is 5.93. The van der Waals surface area contributed by atoms with Crippen molar-refractivity contribution < 1.29 is 5.11 Å². The summed E-state index contributed by atoms with van der Waals surface area (Å²) in [4.78, 5) is 4.48. The van der Waals surface area contributed by atoms with E-state index >= 15 is 0 Å². The SMILES string of the molecule is NC(=NC[C@H]1CCC[C@@H](CO)C1)NC1CCCC1. The Bertz CT molecular complexity index is 274. The number of guanidine groups is 1. The minimum absolute atomic E-state index is 0.329. The molecule has 0 aromatic heterocycles. The first-order chi connectivity index (χ1) is 8.78. The number of nitrogens with one attached hydrogen (secondary N) is 1. The van der Waals surface area contributed by atoms with E-state index in [2.05, 4.69) is 10.3 Å². The normalized spacial score (nSPS) is 30.6. The van der Waals surface area contributed by atoms with Gasteiger partial charge in [0.15, 0.2) is 5.96 Å². The Morgan fingerprint density at radius 2 is 1.83 bits per heavy atom. The molecule has 0 bridgehead atoms. The Labute approximate surface area is 110 Å². The average molecular weight is 253 g/mol. The van der Waals surface area contributed by atoms with E-state index in [0.717, 1.165) is 13.0 Å². The van der Waals surface area contributed by atoms with Crippen LogP contribution in [0.4, 0.5) is 0 Å². The first kappa shape index (κ1) is 13.7. The predicted octanol–water partition coefficient (Wildman–Crippen LogP) is 1.63. The quantitative estimate of drug-likeness (QED) is 0.527. The number of hydrogen-bond acceptors (Lipinski definition) is 2. The number of nitrogens with two attached hydrogens (primary N) is 1. The van der Waals surface area contributed by atoms with Crippen molar-refractivity contribution in [3.05, 3.63) is 0 Å². The summed E-state index contributed by atoms with van der Waals surface area (Å²) in [5.74, 6) is 1.72. The minimum atomic E-state index is 0.329. The van der Waals surface area contributed by atoms with Gasteiger partial charge in [0.2, 0.25) is 0 Å². The summed E-state index contributed by atoms with van der Waals surface area (Å²) in [6.45, 7) is 1.15. The van der Waals surface area contributed by atoms with Crippen LogP contribution >= 0.6 is 0 Å². The number of aliphatic hydroxyl groups excluding tert-OH is 1. The molecular formula is C14H27N3O. The summed E-state index contributed by atoms with van der Waals surface area (Å²) in [5, 5.41) is 12.5. The molecule has 0 aromatic rings. The predicted molar refractivity (Wildman–Crippen MR) is 74.4 cm³/mol. The second kappa shape index (κ2) is 6.98. The van der Waals surface area contributed by atoms with E-state index in [4.69, 9.17) is 5.73 Å². The molecule has 0 aromatic carbocycles. The van der Waals surface area contributed by atoms with Gasteiger partial charge in [0.25, 0.3) is 0 Å². The molecule has 0 unspecified atom stereocenters. The first-order valence-corrected chi connectivity index (χ1v) is 7.45. The van der Waals surface area contributed by atoms with Gasteiger partial charge < -0.3 is 16.2 Å². The third-order valence-corrected chi connectivity index (χ3v) is 4.38. The molecule has 0 amide bonds. The lowest BCUT2D eigenvalue weighted by Crippen LogP contribution is -2.39. The highest BCUT2D eigenvalue weighted by Crippen LogP contribution is 2.28. The van der Waals surface area contributed by atoms with Gasteiger partial charge in [-0.2, -0.15) is 0 Å². The van der Waals surface area contributed by atoms with Crippen LogP contribution < -0.4 is 11.1 Å². The minimum Gasteiger partial charge on any atom is -0.396 e. The zero-order valence-electron chi connectivity index (χ0n) is 11.3. The zero-order chi connectivity index (χ0) is 12.8. The Kier molecular flexibility index (Phi) is 5.29. The topological polar surface area (TPSA) is 70.6 Å². The Morgan fingerprint density at radius 1 is 1.11 bits per heavy atom. The molecule has 0 aliphatic heterocycles. The van der Waals surface area contributed by atoms with Gasteiger partial charge in [0.1, 0.15) is 0 Å². The monoisotopic (exact) mass is 253 g/mol. The molecule has 104 valence electrons. The molecule has 0 spiro atoms.